The molecule has 6 unspecified atom stereocenters. The topological polar surface area (TPSA) is 152 Å². The van der Waals surface area contributed by atoms with Gasteiger partial charge in [-0.05, 0) is 54.3 Å². The van der Waals surface area contributed by atoms with Gasteiger partial charge in [0.15, 0.2) is 35.6 Å². The Morgan fingerprint density at radius 2 is 1.62 bits per heavy atom. The zero-order valence-electron chi connectivity index (χ0n) is 23.4. The molecule has 3 aliphatic heterocycles. The molecule has 0 amide bonds. The van der Waals surface area contributed by atoms with Crippen LogP contribution in [0.1, 0.15) is 48.5 Å². The Kier molecular flexibility index (Phi) is 6.95. The predicted octanol–water partition coefficient (Wildman–Crippen LogP) is 2.14. The fourth-order valence-electron chi connectivity index (χ4n) is 7.19. The smallest absolute Gasteiger partial charge is 0.231 e. The number of rotatable bonds is 5. The van der Waals surface area contributed by atoms with Crippen LogP contribution in [-0.2, 0) is 23.7 Å². The Morgan fingerprint density at radius 3 is 2.31 bits per heavy atom. The van der Waals surface area contributed by atoms with Crippen molar-refractivity contribution in [1.29, 1.82) is 0 Å². The normalized spacial score (nSPS) is 36.6. The summed E-state index contributed by atoms with van der Waals surface area (Å²) >= 11 is 0. The van der Waals surface area contributed by atoms with E-state index in [1.54, 1.807) is 19.1 Å². The molecule has 0 aromatic heterocycles. The fraction of sp³-hybridized carbons (Fsp3) is 0.567. The summed E-state index contributed by atoms with van der Waals surface area (Å²) in [7, 11) is 2.91. The van der Waals surface area contributed by atoms with E-state index in [0.29, 0.717) is 24.3 Å². The monoisotopic (exact) mass is 586 g/mol. The molecule has 12 nitrogen and oxygen atoms in total. The van der Waals surface area contributed by atoms with Crippen LogP contribution in [0.3, 0.4) is 0 Å². The standard InChI is InChI=1S/C30H34O12/c1-12-37-10-22-29(40-12)26(33)27(34)30(41-22)42-28-14-4-5-17(31)24(14)23(13-6-20(35-2)25(32)21(7-13)36-3)15-8-18-19(9-16(15)28)39-11-38-18/h6-9,12,14,22-24,26-30,32-34H,4-5,10-11H2,1-3H3/t12?,14-,22+,23+,24+,26?,27?,28?,29?,30?/m0/s1. The molecule has 0 spiro atoms. The van der Waals surface area contributed by atoms with E-state index in [2.05, 4.69) is 0 Å². The third-order valence-corrected chi connectivity index (χ3v) is 9.15. The van der Waals surface area contributed by atoms with Crippen LogP contribution < -0.4 is 18.9 Å². The van der Waals surface area contributed by atoms with Crippen LogP contribution in [0.4, 0.5) is 0 Å². The summed E-state index contributed by atoms with van der Waals surface area (Å²) in [5, 5.41) is 32.6. The number of ketones is 1. The Hall–Kier alpha value is -3.13. The summed E-state index contributed by atoms with van der Waals surface area (Å²) in [6, 6.07) is 7.15. The molecule has 5 aliphatic rings. The Balaban J connectivity index is 1.32. The summed E-state index contributed by atoms with van der Waals surface area (Å²) in [4.78, 5) is 13.6. The summed E-state index contributed by atoms with van der Waals surface area (Å²) in [6.45, 7) is 1.94. The number of phenolic OH excluding ortho intramolecular Hbond substituents is 1. The second-order valence-corrected chi connectivity index (χ2v) is 11.4. The number of phenols is 1. The number of ether oxygens (including phenoxy) is 8. The van der Waals surface area contributed by atoms with Gasteiger partial charge in [-0.1, -0.05) is 0 Å². The van der Waals surface area contributed by atoms with E-state index < -0.39 is 54.9 Å². The molecular formula is C30H34O12. The number of fused-ring (bicyclic) bond motifs is 4. The zero-order chi connectivity index (χ0) is 29.3. The average Bonchev–Trinajstić information content (AvgIpc) is 3.61. The maximum absolute atomic E-state index is 13.6. The highest BCUT2D eigenvalue weighted by Crippen LogP contribution is 2.58. The van der Waals surface area contributed by atoms with E-state index in [4.69, 9.17) is 37.9 Å². The van der Waals surface area contributed by atoms with Gasteiger partial charge in [0.2, 0.25) is 12.5 Å². The molecule has 1 saturated carbocycles. The van der Waals surface area contributed by atoms with Crippen molar-refractivity contribution in [3.8, 4) is 28.7 Å². The molecule has 0 radical (unpaired) electrons. The van der Waals surface area contributed by atoms with Crippen LogP contribution in [0.15, 0.2) is 24.3 Å². The third-order valence-electron chi connectivity index (χ3n) is 9.15. The van der Waals surface area contributed by atoms with Gasteiger partial charge in [0, 0.05) is 24.2 Å². The molecule has 7 rings (SSSR count). The fourth-order valence-corrected chi connectivity index (χ4v) is 7.19. The first-order valence-corrected chi connectivity index (χ1v) is 14.1. The number of methoxy groups -OCH3 is 2. The quantitative estimate of drug-likeness (QED) is 0.471. The van der Waals surface area contributed by atoms with E-state index in [1.165, 1.54) is 14.2 Å². The van der Waals surface area contributed by atoms with Crippen molar-refractivity contribution in [3.05, 3.63) is 41.0 Å². The number of carbonyl (C=O) groups is 1. The predicted molar refractivity (Wildman–Crippen MR) is 142 cm³/mol. The second kappa shape index (κ2) is 10.5. The van der Waals surface area contributed by atoms with Gasteiger partial charge in [-0.25, -0.2) is 0 Å². The maximum atomic E-state index is 13.6. The lowest BCUT2D eigenvalue weighted by Gasteiger charge is -2.48. The Bertz CT molecular complexity index is 1350. The van der Waals surface area contributed by atoms with Crippen molar-refractivity contribution in [1.82, 2.24) is 0 Å². The van der Waals surface area contributed by atoms with Crippen LogP contribution in [-0.4, -0.2) is 85.7 Å². The molecule has 3 heterocycles. The minimum absolute atomic E-state index is 0.0548. The van der Waals surface area contributed by atoms with Gasteiger partial charge in [-0.3, -0.25) is 4.79 Å². The molecule has 0 bridgehead atoms. The summed E-state index contributed by atoms with van der Waals surface area (Å²) < 4.78 is 46.2. The Labute approximate surface area is 241 Å². The summed E-state index contributed by atoms with van der Waals surface area (Å²) in [5.74, 6) is 0.239. The highest BCUT2D eigenvalue weighted by molar-refractivity contribution is 5.86. The first kappa shape index (κ1) is 27.7. The molecule has 3 N–H and O–H groups in total. The number of hydrogen-bond donors (Lipinski definition) is 3. The minimum atomic E-state index is -1.40. The van der Waals surface area contributed by atoms with Gasteiger partial charge in [0.1, 0.15) is 30.2 Å². The van der Waals surface area contributed by atoms with E-state index >= 15 is 0 Å². The van der Waals surface area contributed by atoms with Gasteiger partial charge in [-0.15, -0.1) is 0 Å². The second-order valence-electron chi connectivity index (χ2n) is 11.4. The molecule has 12 heteroatoms. The van der Waals surface area contributed by atoms with Crippen LogP contribution in [0.25, 0.3) is 0 Å². The SMILES string of the molecule is COc1cc([C@@H]2c3cc4c(cc3C(OC3O[C@@H]5COC(C)OC5C(O)C3O)[C@H]3CCC(=O)[C@H]23)OCO4)cc(OC)c1O. The largest absolute Gasteiger partial charge is 0.502 e. The highest BCUT2D eigenvalue weighted by atomic mass is 16.8. The van der Waals surface area contributed by atoms with E-state index in [0.717, 1.165) is 16.7 Å². The Morgan fingerprint density at radius 1 is 0.929 bits per heavy atom. The van der Waals surface area contributed by atoms with E-state index in [-0.39, 0.29) is 42.3 Å². The van der Waals surface area contributed by atoms with E-state index in [9.17, 15) is 20.1 Å². The number of carbonyl (C=O) groups excluding carboxylic acids is 1. The van der Waals surface area contributed by atoms with Gasteiger partial charge in [0.05, 0.1) is 26.9 Å². The van der Waals surface area contributed by atoms with Crippen molar-refractivity contribution in [2.45, 2.75) is 68.8 Å². The summed E-state index contributed by atoms with van der Waals surface area (Å²) in [6.07, 6.45) is -5.58. The lowest BCUT2D eigenvalue weighted by Crippen LogP contribution is -2.63. The molecule has 2 aromatic rings. The lowest BCUT2D eigenvalue weighted by molar-refractivity contribution is -0.364. The van der Waals surface area contributed by atoms with Crippen molar-refractivity contribution < 1.29 is 58.0 Å². The molecule has 42 heavy (non-hydrogen) atoms. The average molecular weight is 587 g/mol. The van der Waals surface area contributed by atoms with Gasteiger partial charge in [0.25, 0.3) is 0 Å². The van der Waals surface area contributed by atoms with Crippen molar-refractivity contribution in [2.24, 2.45) is 11.8 Å². The maximum Gasteiger partial charge on any atom is 0.231 e. The van der Waals surface area contributed by atoms with Gasteiger partial charge in [-0.2, -0.15) is 0 Å². The third kappa shape index (κ3) is 4.31. The van der Waals surface area contributed by atoms with Crippen LogP contribution in [0.2, 0.25) is 0 Å². The number of aromatic hydroxyl groups is 1. The zero-order valence-corrected chi connectivity index (χ0v) is 23.4. The van der Waals surface area contributed by atoms with Crippen LogP contribution in [0.5, 0.6) is 28.7 Å². The molecule has 2 aliphatic carbocycles. The number of Topliss-reactive ketones (excluding diaryl/α,β-unsaturated/α-hetero) is 1. The first-order valence-electron chi connectivity index (χ1n) is 14.1. The van der Waals surface area contributed by atoms with Gasteiger partial charge >= 0.3 is 0 Å². The number of benzene rings is 2. The molecule has 10 atom stereocenters. The number of aliphatic hydroxyl groups excluding tert-OH is 2. The molecule has 2 aromatic carbocycles. The molecule has 226 valence electrons. The highest BCUT2D eigenvalue weighted by Gasteiger charge is 2.54. The van der Waals surface area contributed by atoms with Crippen molar-refractivity contribution in [2.75, 3.05) is 27.6 Å². The summed E-state index contributed by atoms with van der Waals surface area (Å²) in [5.41, 5.74) is 2.25. The lowest BCUT2D eigenvalue weighted by atomic mass is 9.66. The molecular weight excluding hydrogens is 552 g/mol. The first-order chi connectivity index (χ1) is 20.3. The van der Waals surface area contributed by atoms with Crippen molar-refractivity contribution >= 4 is 5.78 Å². The minimum Gasteiger partial charge on any atom is -0.502 e. The van der Waals surface area contributed by atoms with Gasteiger partial charge < -0.3 is 53.2 Å². The molecule has 3 fully saturated rings. The van der Waals surface area contributed by atoms with Crippen molar-refractivity contribution in [3.63, 3.8) is 0 Å². The van der Waals surface area contributed by atoms with E-state index in [1.807, 2.05) is 12.1 Å². The number of aliphatic hydroxyl groups is 2. The molecule has 2 saturated heterocycles. The van der Waals surface area contributed by atoms with Crippen LogP contribution in [0, 0.1) is 11.8 Å². The number of hydrogen-bond acceptors (Lipinski definition) is 12. The van der Waals surface area contributed by atoms with Crippen LogP contribution >= 0.6 is 0 Å².